The Bertz CT molecular complexity index is 1540. The number of β-amino-alcohol motifs (C(OH)–C–C–N with tert-alkyl or cyclic N) is 1. The smallest absolute Gasteiger partial charge is 0.243 e. The maximum atomic E-state index is 14.1. The molecule has 0 saturated carbocycles. The van der Waals surface area contributed by atoms with E-state index >= 15 is 0 Å². The van der Waals surface area contributed by atoms with Crippen LogP contribution in [0.4, 0.5) is 5.82 Å². The fourth-order valence-electron chi connectivity index (χ4n) is 7.69. The molecular weight excluding hydrogens is 629 g/mol. The van der Waals surface area contributed by atoms with Crippen molar-refractivity contribution in [1.82, 2.24) is 25.7 Å². The number of amides is 2. The summed E-state index contributed by atoms with van der Waals surface area (Å²) < 4.78 is 5.82. The highest BCUT2D eigenvalue weighted by Gasteiger charge is 2.44. The number of nitrogens with zero attached hydrogens (tertiary/aromatic N) is 4. The van der Waals surface area contributed by atoms with Crippen LogP contribution in [0.25, 0.3) is 10.4 Å². The van der Waals surface area contributed by atoms with E-state index in [1.54, 1.807) is 11.3 Å². The summed E-state index contributed by atoms with van der Waals surface area (Å²) in [7, 11) is 0. The molecule has 3 aliphatic rings. The number of carbonyl (C=O) groups is 2. The van der Waals surface area contributed by atoms with Gasteiger partial charge < -0.3 is 35.2 Å². The minimum absolute atomic E-state index is 0.0916. The lowest BCUT2D eigenvalue weighted by atomic mass is 9.80. The highest BCUT2D eigenvalue weighted by molar-refractivity contribution is 7.13. The summed E-state index contributed by atoms with van der Waals surface area (Å²) in [6, 6.07) is 8.87. The van der Waals surface area contributed by atoms with Gasteiger partial charge in [0.25, 0.3) is 0 Å². The third kappa shape index (κ3) is 7.61. The molecule has 3 saturated heterocycles. The molecule has 0 radical (unpaired) electrons. The number of likely N-dealkylation sites (tertiary alicyclic amines) is 1. The Morgan fingerprint density at radius 1 is 1.15 bits per heavy atom. The fourth-order valence-corrected chi connectivity index (χ4v) is 8.50. The van der Waals surface area contributed by atoms with Gasteiger partial charge in [0.05, 0.1) is 33.8 Å². The Hall–Kier alpha value is -3.32. The van der Waals surface area contributed by atoms with E-state index < -0.39 is 23.7 Å². The molecule has 0 aliphatic carbocycles. The van der Waals surface area contributed by atoms with E-state index in [2.05, 4.69) is 25.7 Å². The van der Waals surface area contributed by atoms with Crippen LogP contribution in [0.5, 0.6) is 0 Å². The van der Waals surface area contributed by atoms with E-state index in [1.165, 1.54) is 4.90 Å². The lowest BCUT2D eigenvalue weighted by Gasteiger charge is -2.39. The van der Waals surface area contributed by atoms with Crippen molar-refractivity contribution >= 4 is 29.0 Å². The normalized spacial score (nSPS) is 23.0. The van der Waals surface area contributed by atoms with Crippen molar-refractivity contribution in [2.24, 2.45) is 11.8 Å². The van der Waals surface area contributed by atoms with Crippen molar-refractivity contribution in [2.75, 3.05) is 37.6 Å². The minimum Gasteiger partial charge on any atom is -0.391 e. The van der Waals surface area contributed by atoms with Crippen LogP contribution in [0.15, 0.2) is 40.4 Å². The maximum absolute atomic E-state index is 14.1. The van der Waals surface area contributed by atoms with Crippen molar-refractivity contribution < 1.29 is 24.3 Å². The van der Waals surface area contributed by atoms with Crippen molar-refractivity contribution in [3.05, 3.63) is 52.9 Å². The number of anilines is 1. The van der Waals surface area contributed by atoms with Gasteiger partial charge >= 0.3 is 0 Å². The van der Waals surface area contributed by atoms with Crippen molar-refractivity contribution in [1.29, 1.82) is 0 Å². The van der Waals surface area contributed by atoms with E-state index in [0.29, 0.717) is 17.5 Å². The predicted molar refractivity (Wildman–Crippen MR) is 186 cm³/mol. The molecule has 0 spiro atoms. The van der Waals surface area contributed by atoms with Crippen LogP contribution in [-0.4, -0.2) is 87.5 Å². The molecule has 2 aromatic heterocycles. The van der Waals surface area contributed by atoms with Crippen molar-refractivity contribution in [3.63, 3.8) is 0 Å². The summed E-state index contributed by atoms with van der Waals surface area (Å²) >= 11 is 1.60. The molecule has 0 bridgehead atoms. The summed E-state index contributed by atoms with van der Waals surface area (Å²) in [5.41, 5.74) is 4.30. The number of piperidine rings is 2. The zero-order valence-corrected chi connectivity index (χ0v) is 29.3. The quantitative estimate of drug-likeness (QED) is 0.245. The number of thiazole rings is 1. The predicted octanol–water partition coefficient (Wildman–Crippen LogP) is 4.41. The van der Waals surface area contributed by atoms with E-state index in [4.69, 9.17) is 4.52 Å². The Labute approximate surface area is 287 Å². The summed E-state index contributed by atoms with van der Waals surface area (Å²) in [5.74, 6) is 0.378. The second-order valence-corrected chi connectivity index (χ2v) is 15.3. The van der Waals surface area contributed by atoms with Crippen LogP contribution in [0.1, 0.15) is 88.3 Å². The molecule has 3 aromatic rings. The van der Waals surface area contributed by atoms with E-state index in [-0.39, 0.29) is 36.7 Å². The zero-order valence-electron chi connectivity index (χ0n) is 28.5. The molecule has 11 nitrogen and oxygen atoms in total. The second kappa shape index (κ2) is 14.7. The second-order valence-electron chi connectivity index (χ2n) is 14.4. The van der Waals surface area contributed by atoms with Gasteiger partial charge in [-0.3, -0.25) is 9.59 Å². The number of hydrogen-bond acceptors (Lipinski definition) is 10. The van der Waals surface area contributed by atoms with Gasteiger partial charge in [-0.15, -0.1) is 11.3 Å². The fraction of sp³-hybridized carbons (Fsp3) is 0.611. The van der Waals surface area contributed by atoms with E-state index in [0.717, 1.165) is 80.0 Å². The molecule has 6 rings (SSSR count). The van der Waals surface area contributed by atoms with Gasteiger partial charge in [0, 0.05) is 32.1 Å². The first-order valence-corrected chi connectivity index (χ1v) is 18.3. The Balaban J connectivity index is 1.08. The van der Waals surface area contributed by atoms with Crippen LogP contribution < -0.4 is 15.5 Å². The van der Waals surface area contributed by atoms with Crippen LogP contribution >= 0.6 is 11.3 Å². The summed E-state index contributed by atoms with van der Waals surface area (Å²) in [4.78, 5) is 36.9. The van der Waals surface area contributed by atoms with E-state index in [9.17, 15) is 19.8 Å². The maximum Gasteiger partial charge on any atom is 0.243 e. The van der Waals surface area contributed by atoms with Crippen molar-refractivity contribution in [2.45, 2.75) is 95.9 Å². The van der Waals surface area contributed by atoms with Gasteiger partial charge in [0.1, 0.15) is 12.0 Å². The lowest BCUT2D eigenvalue weighted by Crippen LogP contribution is -2.48. The number of aromatic nitrogens is 2. The molecule has 1 aromatic carbocycles. The third-order valence-electron chi connectivity index (χ3n) is 10.5. The average molecular weight is 679 g/mol. The highest BCUT2D eigenvalue weighted by Crippen LogP contribution is 2.36. The topological polar surface area (TPSA) is 144 Å². The first-order chi connectivity index (χ1) is 23.0. The molecule has 2 unspecified atom stereocenters. The number of aliphatic hydroxyl groups excluding tert-OH is 1. The molecule has 2 amide bonds. The largest absolute Gasteiger partial charge is 0.391 e. The Kier molecular flexibility index (Phi) is 10.5. The molecule has 4 atom stereocenters. The number of nitrogens with one attached hydrogen (secondary N) is 2. The van der Waals surface area contributed by atoms with Gasteiger partial charge in [-0.1, -0.05) is 43.3 Å². The number of aliphatic hydroxyl groups is 2. The molecular formula is C36H50N6O5S. The number of hydrogen-bond donors (Lipinski definition) is 4. The molecule has 4 N–H and O–H groups in total. The van der Waals surface area contributed by atoms with Gasteiger partial charge in [-0.2, -0.15) is 0 Å². The molecule has 48 heavy (non-hydrogen) atoms. The number of aryl methyl sites for hydroxylation is 1. The van der Waals surface area contributed by atoms with Crippen LogP contribution in [-0.2, 0) is 9.59 Å². The summed E-state index contributed by atoms with van der Waals surface area (Å²) in [6.45, 7) is 11.3. The minimum atomic E-state index is -0.788. The van der Waals surface area contributed by atoms with Crippen LogP contribution in [0, 0.1) is 18.8 Å². The standard InChI is InChI=1S/C36H50N6O5S/c1-22(2)32(30-18-31(40-47-30)41-15-9-25(10-16-41)19-36(46)11-13-37-14-12-36)35(45)42-20-28(43)17-29(42)34(44)39-23(3)26-5-7-27(8-6-26)33-24(4)38-21-48-33/h5-8,18,21-23,25,28-29,32,37,43,46H,9-17,19-20H2,1-4H3,(H,39,44)/t23?,28-,29+,32?/m1/s1. The zero-order chi connectivity index (χ0) is 34.0. The number of rotatable bonds is 10. The van der Waals surface area contributed by atoms with Gasteiger partial charge in [-0.25, -0.2) is 4.98 Å². The third-order valence-corrected chi connectivity index (χ3v) is 11.5. The first kappa shape index (κ1) is 34.5. The highest BCUT2D eigenvalue weighted by atomic mass is 32.1. The van der Waals surface area contributed by atoms with Crippen LogP contribution in [0.3, 0.4) is 0 Å². The number of carbonyl (C=O) groups excluding carboxylic acids is 2. The monoisotopic (exact) mass is 678 g/mol. The lowest BCUT2D eigenvalue weighted by molar-refractivity contribution is -0.141. The summed E-state index contributed by atoms with van der Waals surface area (Å²) in [6.07, 6.45) is 3.79. The van der Waals surface area contributed by atoms with Gasteiger partial charge in [0.2, 0.25) is 11.8 Å². The van der Waals surface area contributed by atoms with Gasteiger partial charge in [0.15, 0.2) is 11.6 Å². The first-order valence-electron chi connectivity index (χ1n) is 17.5. The molecule has 3 aliphatic heterocycles. The van der Waals surface area contributed by atoms with E-state index in [1.807, 2.05) is 63.5 Å². The number of benzene rings is 1. The van der Waals surface area contributed by atoms with Crippen LogP contribution in [0.2, 0.25) is 0 Å². The average Bonchev–Trinajstić information content (AvgIpc) is 3.82. The van der Waals surface area contributed by atoms with Crippen molar-refractivity contribution in [3.8, 4) is 10.4 Å². The Morgan fingerprint density at radius 3 is 2.50 bits per heavy atom. The molecule has 260 valence electrons. The van der Waals surface area contributed by atoms with Gasteiger partial charge in [-0.05, 0) is 82.0 Å². The summed E-state index contributed by atoms with van der Waals surface area (Å²) in [5, 5.41) is 32.4. The molecule has 3 fully saturated rings. The SMILES string of the molecule is Cc1ncsc1-c1ccc(C(C)NC(=O)[C@@H]2C[C@@H](O)CN2C(=O)C(c2cc(N3CCC(CC4(O)CCNCC4)CC3)no2)C(C)C)cc1. The molecule has 5 heterocycles. The molecule has 12 heteroatoms. The Morgan fingerprint density at radius 2 is 1.85 bits per heavy atom.